The van der Waals surface area contributed by atoms with Crippen molar-refractivity contribution in [1.29, 1.82) is 0 Å². The fraction of sp³-hybridized carbons (Fsp3) is 0.176. The molecular formula is C17H16N4. The number of rotatable bonds is 3. The summed E-state index contributed by atoms with van der Waals surface area (Å²) in [7, 11) is 0. The first-order valence-electron chi connectivity index (χ1n) is 7.11. The van der Waals surface area contributed by atoms with Gasteiger partial charge in [-0.15, -0.1) is 0 Å². The van der Waals surface area contributed by atoms with E-state index in [4.69, 9.17) is 5.73 Å². The number of benzene rings is 1. The Morgan fingerprint density at radius 3 is 3.00 bits per heavy atom. The van der Waals surface area contributed by atoms with E-state index in [1.54, 1.807) is 6.20 Å². The summed E-state index contributed by atoms with van der Waals surface area (Å²) in [4.78, 5) is 8.34. The van der Waals surface area contributed by atoms with Gasteiger partial charge in [-0.1, -0.05) is 24.3 Å². The molecule has 0 spiro atoms. The molecule has 0 bridgehead atoms. The van der Waals surface area contributed by atoms with Gasteiger partial charge in [-0.2, -0.15) is 0 Å². The van der Waals surface area contributed by atoms with Crippen LogP contribution in [-0.2, 0) is 13.0 Å². The predicted octanol–water partition coefficient (Wildman–Crippen LogP) is 2.87. The van der Waals surface area contributed by atoms with Gasteiger partial charge >= 0.3 is 0 Å². The minimum Gasteiger partial charge on any atom is -0.384 e. The van der Waals surface area contributed by atoms with Crippen LogP contribution >= 0.6 is 0 Å². The third kappa shape index (κ3) is 2.09. The van der Waals surface area contributed by atoms with Crippen LogP contribution in [-0.4, -0.2) is 14.5 Å². The molecule has 3 aromatic rings. The second-order valence-corrected chi connectivity index (χ2v) is 5.50. The number of nitrogens with two attached hydrogens (primary N) is 1. The van der Waals surface area contributed by atoms with Crippen molar-refractivity contribution in [2.24, 2.45) is 0 Å². The average Bonchev–Trinajstić information content (AvgIpc) is 2.93. The van der Waals surface area contributed by atoms with Crippen LogP contribution in [0.1, 0.15) is 17.0 Å². The van der Waals surface area contributed by atoms with Crippen LogP contribution in [0.3, 0.4) is 0 Å². The Morgan fingerprint density at radius 2 is 2.14 bits per heavy atom. The van der Waals surface area contributed by atoms with E-state index in [0.29, 0.717) is 11.7 Å². The van der Waals surface area contributed by atoms with E-state index in [2.05, 4.69) is 38.8 Å². The zero-order valence-electron chi connectivity index (χ0n) is 11.6. The van der Waals surface area contributed by atoms with E-state index < -0.39 is 0 Å². The van der Waals surface area contributed by atoms with Crippen molar-refractivity contribution in [3.8, 4) is 11.3 Å². The molecule has 1 atom stereocenters. The van der Waals surface area contributed by atoms with E-state index in [1.165, 1.54) is 11.1 Å². The molecule has 0 fully saturated rings. The summed E-state index contributed by atoms with van der Waals surface area (Å²) >= 11 is 0. The molecule has 0 amide bonds. The molecule has 104 valence electrons. The van der Waals surface area contributed by atoms with E-state index >= 15 is 0 Å². The summed E-state index contributed by atoms with van der Waals surface area (Å²) in [6.45, 7) is 0.953. The molecule has 4 nitrogen and oxygen atoms in total. The molecule has 21 heavy (non-hydrogen) atoms. The molecule has 0 aliphatic heterocycles. The third-order valence-corrected chi connectivity index (χ3v) is 4.17. The van der Waals surface area contributed by atoms with E-state index in [1.807, 2.05) is 24.7 Å². The minimum absolute atomic E-state index is 0.536. The van der Waals surface area contributed by atoms with Crippen LogP contribution in [0.15, 0.2) is 55.1 Å². The zero-order valence-corrected chi connectivity index (χ0v) is 11.6. The highest BCUT2D eigenvalue weighted by Crippen LogP contribution is 2.36. The Balaban J connectivity index is 1.62. The Morgan fingerprint density at radius 1 is 1.24 bits per heavy atom. The van der Waals surface area contributed by atoms with Gasteiger partial charge in [0.15, 0.2) is 0 Å². The quantitative estimate of drug-likeness (QED) is 0.800. The van der Waals surface area contributed by atoms with Crippen LogP contribution in [0.4, 0.5) is 5.82 Å². The van der Waals surface area contributed by atoms with Crippen LogP contribution in [0.5, 0.6) is 0 Å². The third-order valence-electron chi connectivity index (χ3n) is 4.17. The number of hydrogen-bond acceptors (Lipinski definition) is 3. The topological polar surface area (TPSA) is 56.7 Å². The number of nitrogen functional groups attached to an aromatic ring is 1. The fourth-order valence-corrected chi connectivity index (χ4v) is 3.08. The van der Waals surface area contributed by atoms with Crippen LogP contribution in [0.2, 0.25) is 0 Å². The number of anilines is 1. The van der Waals surface area contributed by atoms with Gasteiger partial charge in [0, 0.05) is 24.2 Å². The maximum Gasteiger partial charge on any atom is 0.123 e. The van der Waals surface area contributed by atoms with E-state index in [-0.39, 0.29) is 0 Å². The molecule has 4 heteroatoms. The highest BCUT2D eigenvalue weighted by Gasteiger charge is 2.26. The van der Waals surface area contributed by atoms with Gasteiger partial charge in [0.25, 0.3) is 0 Å². The smallest absolute Gasteiger partial charge is 0.123 e. The Hall–Kier alpha value is -2.62. The van der Waals surface area contributed by atoms with E-state index in [9.17, 15) is 0 Å². The lowest BCUT2D eigenvalue weighted by atomic mass is 9.77. The normalized spacial score (nSPS) is 16.3. The van der Waals surface area contributed by atoms with Crippen LogP contribution in [0.25, 0.3) is 11.3 Å². The molecule has 2 aromatic heterocycles. The van der Waals surface area contributed by atoms with Crippen molar-refractivity contribution in [1.82, 2.24) is 14.5 Å². The number of imidazole rings is 1. The van der Waals surface area contributed by atoms with Crippen molar-refractivity contribution in [2.45, 2.75) is 18.9 Å². The lowest BCUT2D eigenvalue weighted by Crippen LogP contribution is -2.21. The Kier molecular flexibility index (Phi) is 2.74. The zero-order chi connectivity index (χ0) is 14.2. The monoisotopic (exact) mass is 276 g/mol. The summed E-state index contributed by atoms with van der Waals surface area (Å²) < 4.78 is 2.20. The van der Waals surface area contributed by atoms with Gasteiger partial charge in [0.2, 0.25) is 0 Å². The minimum atomic E-state index is 0.536. The van der Waals surface area contributed by atoms with Crippen LogP contribution in [0, 0.1) is 0 Å². The number of fused-ring (bicyclic) bond motifs is 1. The van der Waals surface area contributed by atoms with Crippen molar-refractivity contribution >= 4 is 5.82 Å². The average molecular weight is 276 g/mol. The maximum absolute atomic E-state index is 5.78. The highest BCUT2D eigenvalue weighted by molar-refractivity contribution is 5.61. The van der Waals surface area contributed by atoms with Crippen molar-refractivity contribution in [3.05, 3.63) is 66.2 Å². The summed E-state index contributed by atoms with van der Waals surface area (Å²) in [5, 5.41) is 0. The van der Waals surface area contributed by atoms with Gasteiger partial charge in [0.1, 0.15) is 5.82 Å². The van der Waals surface area contributed by atoms with Gasteiger partial charge in [-0.25, -0.2) is 9.97 Å². The molecule has 1 unspecified atom stereocenters. The summed E-state index contributed by atoms with van der Waals surface area (Å²) in [5.41, 5.74) is 10.9. The molecule has 2 heterocycles. The number of hydrogen-bond donors (Lipinski definition) is 1. The summed E-state index contributed by atoms with van der Waals surface area (Å²) in [5.74, 6) is 1.11. The first kappa shape index (κ1) is 12.1. The molecule has 0 saturated carbocycles. The molecule has 2 N–H and O–H groups in total. The van der Waals surface area contributed by atoms with Crippen LogP contribution < -0.4 is 5.73 Å². The van der Waals surface area contributed by atoms with Crippen molar-refractivity contribution in [3.63, 3.8) is 0 Å². The van der Waals surface area contributed by atoms with Crippen molar-refractivity contribution < 1.29 is 0 Å². The van der Waals surface area contributed by atoms with E-state index in [0.717, 1.165) is 24.2 Å². The maximum atomic E-state index is 5.78. The summed E-state index contributed by atoms with van der Waals surface area (Å²) in [6, 6.07) is 12.5. The fourth-order valence-electron chi connectivity index (χ4n) is 3.08. The molecule has 1 aliphatic rings. The predicted molar refractivity (Wildman–Crippen MR) is 82.8 cm³/mol. The summed E-state index contributed by atoms with van der Waals surface area (Å²) in [6.07, 6.45) is 6.67. The van der Waals surface area contributed by atoms with Gasteiger partial charge < -0.3 is 10.3 Å². The van der Waals surface area contributed by atoms with Crippen molar-refractivity contribution in [2.75, 3.05) is 5.73 Å². The molecule has 4 rings (SSSR count). The number of aromatic nitrogens is 3. The van der Waals surface area contributed by atoms with Gasteiger partial charge in [0.05, 0.1) is 18.2 Å². The van der Waals surface area contributed by atoms with Gasteiger partial charge in [-0.05, 0) is 29.7 Å². The molecule has 1 aromatic carbocycles. The largest absolute Gasteiger partial charge is 0.384 e. The molecule has 0 saturated heterocycles. The Labute approximate surface area is 123 Å². The SMILES string of the molecule is Nc1cc(-c2cncn2CC2Cc3ccccc32)ccn1. The lowest BCUT2D eigenvalue weighted by Gasteiger charge is -2.30. The van der Waals surface area contributed by atoms with Gasteiger partial charge in [-0.3, -0.25) is 0 Å². The second-order valence-electron chi connectivity index (χ2n) is 5.50. The highest BCUT2D eigenvalue weighted by atomic mass is 15.0. The number of nitrogens with zero attached hydrogens (tertiary/aromatic N) is 3. The standard InChI is InChI=1S/C17H16N4/c18-17-8-13(5-6-20-17)16-9-19-11-21(16)10-14-7-12-3-1-2-4-15(12)14/h1-6,8-9,11,14H,7,10H2,(H2,18,20). The molecular weight excluding hydrogens is 260 g/mol. The first-order valence-corrected chi connectivity index (χ1v) is 7.11. The number of pyridine rings is 1. The Bertz CT molecular complexity index is 791. The molecule has 1 aliphatic carbocycles. The molecule has 0 radical (unpaired) electrons. The first-order chi connectivity index (χ1) is 10.3. The second kappa shape index (κ2) is 4.74. The lowest BCUT2D eigenvalue weighted by molar-refractivity contribution is 0.511.